The maximum atomic E-state index is 14.0. The van der Waals surface area contributed by atoms with E-state index in [2.05, 4.69) is 42.5 Å². The molecule has 0 radical (unpaired) electrons. The van der Waals surface area contributed by atoms with E-state index in [9.17, 15) is 28.8 Å². The number of halogens is 1. The van der Waals surface area contributed by atoms with Crippen molar-refractivity contribution in [3.8, 4) is 11.5 Å². The lowest BCUT2D eigenvalue weighted by atomic mass is 9.90. The fourth-order valence-electron chi connectivity index (χ4n) is 11.4. The van der Waals surface area contributed by atoms with Crippen molar-refractivity contribution in [2.75, 3.05) is 39.4 Å². The fraction of sp³-hybridized carbons (Fsp3) is 0.452. The van der Waals surface area contributed by atoms with Crippen molar-refractivity contribution in [1.29, 1.82) is 0 Å². The molecule has 0 saturated heterocycles. The molecule has 2 heterocycles. The van der Waals surface area contributed by atoms with Gasteiger partial charge in [0.25, 0.3) is 0 Å². The summed E-state index contributed by atoms with van der Waals surface area (Å²) < 4.78 is 12.1. The molecule has 79 heavy (non-hydrogen) atoms. The Balaban J connectivity index is 0.000000209. The van der Waals surface area contributed by atoms with E-state index in [0.717, 1.165) is 77.8 Å². The normalized spacial score (nSPS) is 23.8. The summed E-state index contributed by atoms with van der Waals surface area (Å²) in [4.78, 5) is 81.0. The van der Waals surface area contributed by atoms with Crippen LogP contribution in [0.3, 0.4) is 0 Å². The molecule has 5 aliphatic rings. The van der Waals surface area contributed by atoms with Crippen LogP contribution in [0.15, 0.2) is 109 Å². The largest absolute Gasteiger partial charge is 0.492 e. The first-order valence-corrected chi connectivity index (χ1v) is 28.5. The summed E-state index contributed by atoms with van der Waals surface area (Å²) in [5.74, 6) is -0.167. The number of carbonyl (C=O) groups is 6. The highest BCUT2D eigenvalue weighted by atomic mass is 35.5. The molecule has 4 aromatic rings. The van der Waals surface area contributed by atoms with Crippen molar-refractivity contribution in [1.82, 2.24) is 42.5 Å². The average molecular weight is 1100 g/mol. The first-order valence-electron chi connectivity index (χ1n) is 28.1. The van der Waals surface area contributed by atoms with Crippen molar-refractivity contribution in [2.24, 2.45) is 0 Å². The smallest absolute Gasteiger partial charge is 0.246 e. The molecule has 17 heteroatoms. The zero-order valence-electron chi connectivity index (χ0n) is 45.6. The highest BCUT2D eigenvalue weighted by Gasteiger charge is 2.49. The lowest BCUT2D eigenvalue weighted by Gasteiger charge is -2.36. The van der Waals surface area contributed by atoms with Gasteiger partial charge in [0, 0.05) is 55.2 Å². The molecule has 16 nitrogen and oxygen atoms in total. The van der Waals surface area contributed by atoms with Crippen molar-refractivity contribution in [3.63, 3.8) is 0 Å². The molecule has 9 rings (SSSR count). The van der Waals surface area contributed by atoms with Gasteiger partial charge in [-0.3, -0.25) is 39.4 Å². The van der Waals surface area contributed by atoms with Gasteiger partial charge in [-0.1, -0.05) is 153 Å². The van der Waals surface area contributed by atoms with Gasteiger partial charge >= 0.3 is 0 Å². The second kappa shape index (κ2) is 27.7. The molecule has 3 fully saturated rings. The number of rotatable bonds is 4. The van der Waals surface area contributed by atoms with Crippen LogP contribution in [0.1, 0.15) is 112 Å². The quantitative estimate of drug-likeness (QED) is 0.110. The van der Waals surface area contributed by atoms with Crippen LogP contribution >= 0.6 is 11.6 Å². The Morgan fingerprint density at radius 3 is 1.52 bits per heavy atom. The fourth-order valence-corrected chi connectivity index (χ4v) is 11.6. The van der Waals surface area contributed by atoms with Crippen molar-refractivity contribution >= 4 is 59.2 Å². The van der Waals surface area contributed by atoms with Gasteiger partial charge < -0.3 is 41.4 Å². The molecular formula is C62H77ClN8O8. The van der Waals surface area contributed by atoms with Gasteiger partial charge in [-0.25, -0.2) is 0 Å². The summed E-state index contributed by atoms with van der Waals surface area (Å²) in [7, 11) is 0. The maximum absolute atomic E-state index is 14.0. The molecule has 3 aliphatic carbocycles. The van der Waals surface area contributed by atoms with Gasteiger partial charge in [-0.2, -0.15) is 0 Å². The number of benzene rings is 4. The van der Waals surface area contributed by atoms with Crippen molar-refractivity contribution in [2.45, 2.75) is 138 Å². The summed E-state index contributed by atoms with van der Waals surface area (Å²) >= 11 is 6.14. The minimum atomic E-state index is -1.03. The molecule has 8 N–H and O–H groups in total. The van der Waals surface area contributed by atoms with E-state index < -0.39 is 40.6 Å². The molecule has 420 valence electrons. The van der Waals surface area contributed by atoms with Gasteiger partial charge in [-0.15, -0.1) is 0 Å². The van der Waals surface area contributed by atoms with E-state index >= 15 is 0 Å². The van der Waals surface area contributed by atoms with E-state index in [1.807, 2.05) is 110 Å². The number of fused-ring (bicyclic) bond motifs is 2. The topological polar surface area (TPSA) is 217 Å². The van der Waals surface area contributed by atoms with Crippen LogP contribution in [0.4, 0.5) is 0 Å². The third-order valence-electron chi connectivity index (χ3n) is 15.7. The predicted octanol–water partition coefficient (Wildman–Crippen LogP) is 6.57. The minimum absolute atomic E-state index is 0.129. The summed E-state index contributed by atoms with van der Waals surface area (Å²) in [5, 5.41) is 25.3. The summed E-state index contributed by atoms with van der Waals surface area (Å²) in [5.41, 5.74) is 2.15. The molecule has 0 unspecified atom stereocenters. The third-order valence-corrected chi connectivity index (χ3v) is 16.0. The molecule has 0 bridgehead atoms. The number of aryl methyl sites for hydroxylation is 1. The minimum Gasteiger partial charge on any atom is -0.492 e. The Hall–Kier alpha value is -7.01. The second-order valence-corrected chi connectivity index (χ2v) is 22.0. The van der Waals surface area contributed by atoms with Crippen LogP contribution in [0.25, 0.3) is 12.2 Å². The summed E-state index contributed by atoms with van der Waals surface area (Å²) in [6.45, 7) is 6.01. The Morgan fingerprint density at radius 1 is 0.519 bits per heavy atom. The lowest BCUT2D eigenvalue weighted by molar-refractivity contribution is -0.138. The van der Waals surface area contributed by atoms with Crippen LogP contribution in [0.5, 0.6) is 11.5 Å². The molecule has 4 aromatic carbocycles. The SMILES string of the molecule is C[C@H]1NC(=O)C2(CCCC2)NCCOc2ccccc2/C=C/CNC(=O)[C@@H](Cc2cccc(Cl)c2)NC1=O.Cc1cccc(C[C@@H]2NC(=O)C3(CCCC3)NC(=O)C3(CCCC3)NCCOc3ccccc3/C=C/CNC2=O)c1. The number of carbonyl (C=O) groups excluding carboxylic acids is 6. The van der Waals surface area contributed by atoms with Gasteiger partial charge in [0.15, 0.2) is 0 Å². The number of nitrogens with one attached hydrogen (secondary N) is 8. The summed E-state index contributed by atoms with van der Waals surface area (Å²) in [6, 6.07) is 28.1. The van der Waals surface area contributed by atoms with E-state index in [-0.39, 0.29) is 42.5 Å². The monoisotopic (exact) mass is 1100 g/mol. The van der Waals surface area contributed by atoms with E-state index in [1.54, 1.807) is 25.1 Å². The Bertz CT molecular complexity index is 2840. The highest BCUT2D eigenvalue weighted by Crippen LogP contribution is 2.35. The Labute approximate surface area is 469 Å². The predicted molar refractivity (Wildman–Crippen MR) is 307 cm³/mol. The first kappa shape index (κ1) is 58.1. The molecular weight excluding hydrogens is 1020 g/mol. The average Bonchev–Trinajstić information content (AvgIpc) is 4.35. The number of para-hydroxylation sites is 2. The second-order valence-electron chi connectivity index (χ2n) is 21.6. The van der Waals surface area contributed by atoms with E-state index in [4.69, 9.17) is 21.1 Å². The third kappa shape index (κ3) is 15.6. The van der Waals surface area contributed by atoms with Crippen LogP contribution in [0.2, 0.25) is 5.02 Å². The number of hydrogen-bond donors (Lipinski definition) is 8. The number of ether oxygens (including phenoxy) is 2. The van der Waals surface area contributed by atoms with Gasteiger partial charge in [-0.05, 0) is 87.8 Å². The number of amides is 6. The van der Waals surface area contributed by atoms with E-state index in [1.165, 1.54) is 0 Å². The standard InChI is InChI=1S/C33H42N4O4.C29H35ClN4O4/c1-24-10-8-11-25(22-24)23-27-29(38)34-19-9-13-26-12-2-3-14-28(26)41-21-20-35-32(15-4-5-16-32)31(40)37-33(30(39)36-27)17-6-7-18-33;1-20-26(35)34-24(19-21-8-6-11-23(30)18-21)27(36)31-15-7-10-22-9-2-3-12-25(22)38-17-16-32-29(28(37)33-20)13-4-5-14-29/h2-3,8-14,22,27,35H,4-7,15-21,23H2,1H3,(H,34,38)(H,36,39)(H,37,40);2-3,6-12,18,20,24,32H,4-5,13-17,19H2,1H3,(H,31,36)(H,33,37)(H,34,35)/b13-9+;10-7+/t27-;20-,24-/m01/s1. The van der Waals surface area contributed by atoms with Crippen LogP contribution in [0, 0.1) is 6.92 Å². The molecule has 3 atom stereocenters. The van der Waals surface area contributed by atoms with Crippen LogP contribution < -0.4 is 52.0 Å². The Morgan fingerprint density at radius 2 is 0.987 bits per heavy atom. The van der Waals surface area contributed by atoms with E-state index in [0.29, 0.717) is 82.8 Å². The molecule has 0 aromatic heterocycles. The molecule has 6 amide bonds. The first-order chi connectivity index (χ1) is 38.3. The molecule has 3 saturated carbocycles. The van der Waals surface area contributed by atoms with Crippen LogP contribution in [-0.2, 0) is 41.6 Å². The van der Waals surface area contributed by atoms with Crippen molar-refractivity contribution < 1.29 is 38.2 Å². The maximum Gasteiger partial charge on any atom is 0.246 e. The molecule has 3 spiro atoms. The zero-order valence-corrected chi connectivity index (χ0v) is 46.3. The zero-order chi connectivity index (χ0) is 55.7. The summed E-state index contributed by atoms with van der Waals surface area (Å²) in [6.07, 6.45) is 17.5. The highest BCUT2D eigenvalue weighted by molar-refractivity contribution is 6.30. The van der Waals surface area contributed by atoms with Crippen LogP contribution in [-0.4, -0.2) is 110 Å². The number of hydrogen-bond acceptors (Lipinski definition) is 10. The van der Waals surface area contributed by atoms with Crippen molar-refractivity contribution in [3.05, 3.63) is 142 Å². The van der Waals surface area contributed by atoms with Gasteiger partial charge in [0.1, 0.15) is 48.4 Å². The molecule has 2 aliphatic heterocycles. The Kier molecular flexibility index (Phi) is 20.4. The van der Waals surface area contributed by atoms with Gasteiger partial charge in [0.2, 0.25) is 35.4 Å². The van der Waals surface area contributed by atoms with Gasteiger partial charge in [0.05, 0.1) is 11.1 Å². The lowest BCUT2D eigenvalue weighted by Crippen LogP contribution is -2.66.